The van der Waals surface area contributed by atoms with Crippen molar-refractivity contribution in [3.8, 4) is 0 Å². The Morgan fingerprint density at radius 3 is 1.92 bits per heavy atom. The molecule has 0 aliphatic carbocycles. The Hall–Kier alpha value is -0.180. The van der Waals surface area contributed by atoms with Crippen LogP contribution in [0.4, 0.5) is 0 Å². The Morgan fingerprint density at radius 1 is 1.42 bits per heavy atom. The Labute approximate surface area is 78.7 Å². The first-order valence-corrected chi connectivity index (χ1v) is 5.27. The van der Waals surface area contributed by atoms with Gasteiger partial charge in [0.25, 0.3) is 0 Å². The summed E-state index contributed by atoms with van der Waals surface area (Å²) in [6, 6.07) is 0. The number of thioether (sulfide) groups is 1. The lowest BCUT2D eigenvalue weighted by Gasteiger charge is -2.27. The van der Waals surface area contributed by atoms with Crippen molar-refractivity contribution in [3.05, 3.63) is 0 Å². The molecule has 0 aromatic rings. The van der Waals surface area contributed by atoms with Crippen LogP contribution in [0, 0.1) is 0 Å². The van der Waals surface area contributed by atoms with Crippen LogP contribution in [0.2, 0.25) is 0 Å². The van der Waals surface area contributed by atoms with Gasteiger partial charge < -0.3 is 5.11 Å². The maximum absolute atomic E-state index is 11.0. The van der Waals surface area contributed by atoms with Crippen molar-refractivity contribution < 1.29 is 9.90 Å². The SMILES string of the molecule is CCC(CC)(SC(C)C)C(=O)O. The van der Waals surface area contributed by atoms with Gasteiger partial charge in [0, 0.05) is 5.25 Å². The predicted molar refractivity (Wildman–Crippen MR) is 53.7 cm³/mol. The minimum atomic E-state index is -0.675. The Bertz CT molecular complexity index is 151. The van der Waals surface area contributed by atoms with Gasteiger partial charge in [0.15, 0.2) is 0 Å². The number of rotatable bonds is 5. The van der Waals surface area contributed by atoms with E-state index in [2.05, 4.69) is 0 Å². The topological polar surface area (TPSA) is 37.3 Å². The quantitative estimate of drug-likeness (QED) is 0.724. The van der Waals surface area contributed by atoms with E-state index in [1.807, 2.05) is 27.7 Å². The minimum absolute atomic E-state index is 0.376. The number of carboxylic acids is 1. The van der Waals surface area contributed by atoms with E-state index in [1.165, 1.54) is 0 Å². The summed E-state index contributed by atoms with van der Waals surface area (Å²) in [6.07, 6.45) is 1.39. The average Bonchev–Trinajstić information content (AvgIpc) is 1.99. The Morgan fingerprint density at radius 2 is 1.83 bits per heavy atom. The van der Waals surface area contributed by atoms with Gasteiger partial charge in [-0.2, -0.15) is 0 Å². The monoisotopic (exact) mass is 190 g/mol. The number of hydrogen-bond donors (Lipinski definition) is 1. The van der Waals surface area contributed by atoms with Crippen molar-refractivity contribution in [3.63, 3.8) is 0 Å². The summed E-state index contributed by atoms with van der Waals surface area (Å²) >= 11 is 1.56. The van der Waals surface area contributed by atoms with Gasteiger partial charge in [-0.3, -0.25) is 4.79 Å². The molecule has 3 heteroatoms. The molecule has 0 heterocycles. The highest BCUT2D eigenvalue weighted by Crippen LogP contribution is 2.35. The molecule has 0 aliphatic rings. The summed E-state index contributed by atoms with van der Waals surface area (Å²) in [5.41, 5.74) is 0. The van der Waals surface area contributed by atoms with Gasteiger partial charge in [0.1, 0.15) is 4.75 Å². The van der Waals surface area contributed by atoms with Crippen LogP contribution in [0.1, 0.15) is 40.5 Å². The Kier molecular flexibility index (Phi) is 4.68. The molecule has 1 N–H and O–H groups in total. The normalized spacial score (nSPS) is 12.1. The molecule has 0 saturated carbocycles. The maximum Gasteiger partial charge on any atom is 0.319 e. The summed E-state index contributed by atoms with van der Waals surface area (Å²) in [6.45, 7) is 7.95. The highest BCUT2D eigenvalue weighted by Gasteiger charge is 2.35. The van der Waals surface area contributed by atoms with E-state index < -0.39 is 10.7 Å². The summed E-state index contributed by atoms with van der Waals surface area (Å²) < 4.78 is -0.561. The molecule has 2 nitrogen and oxygen atoms in total. The molecule has 0 radical (unpaired) electrons. The van der Waals surface area contributed by atoms with Crippen molar-refractivity contribution >= 4 is 17.7 Å². The first-order valence-electron chi connectivity index (χ1n) is 4.39. The largest absolute Gasteiger partial charge is 0.480 e. The number of hydrogen-bond acceptors (Lipinski definition) is 2. The fraction of sp³-hybridized carbons (Fsp3) is 0.889. The lowest BCUT2D eigenvalue weighted by Crippen LogP contribution is -2.34. The van der Waals surface area contributed by atoms with Crippen LogP contribution < -0.4 is 0 Å². The summed E-state index contributed by atoms with van der Waals surface area (Å²) in [4.78, 5) is 11.0. The van der Waals surface area contributed by atoms with E-state index in [1.54, 1.807) is 11.8 Å². The third-order valence-corrected chi connectivity index (χ3v) is 3.67. The molecule has 12 heavy (non-hydrogen) atoms. The highest BCUT2D eigenvalue weighted by atomic mass is 32.2. The lowest BCUT2D eigenvalue weighted by molar-refractivity contribution is -0.140. The third-order valence-electron chi connectivity index (χ3n) is 1.99. The van der Waals surface area contributed by atoms with Crippen molar-refractivity contribution in [2.75, 3.05) is 0 Å². The zero-order chi connectivity index (χ0) is 9.78. The molecule has 0 aliphatic heterocycles. The van der Waals surface area contributed by atoms with E-state index in [9.17, 15) is 4.79 Å². The van der Waals surface area contributed by atoms with E-state index in [0.29, 0.717) is 18.1 Å². The molecule has 0 rings (SSSR count). The van der Waals surface area contributed by atoms with Gasteiger partial charge in [0.2, 0.25) is 0 Å². The number of aliphatic carboxylic acids is 1. The van der Waals surface area contributed by atoms with Crippen LogP contribution >= 0.6 is 11.8 Å². The first-order chi connectivity index (χ1) is 5.48. The van der Waals surface area contributed by atoms with Crippen molar-refractivity contribution in [2.24, 2.45) is 0 Å². The molecule has 0 fully saturated rings. The van der Waals surface area contributed by atoms with Gasteiger partial charge in [-0.05, 0) is 12.8 Å². The van der Waals surface area contributed by atoms with Gasteiger partial charge >= 0.3 is 5.97 Å². The zero-order valence-electron chi connectivity index (χ0n) is 8.26. The molecule has 0 aromatic carbocycles. The van der Waals surface area contributed by atoms with Crippen molar-refractivity contribution in [2.45, 2.75) is 50.5 Å². The molecule has 0 saturated heterocycles. The van der Waals surface area contributed by atoms with Crippen LogP contribution in [-0.2, 0) is 4.79 Å². The van der Waals surface area contributed by atoms with E-state index in [4.69, 9.17) is 5.11 Å². The maximum atomic E-state index is 11.0. The smallest absolute Gasteiger partial charge is 0.319 e. The van der Waals surface area contributed by atoms with Crippen LogP contribution in [0.3, 0.4) is 0 Å². The molecule has 0 spiro atoms. The number of carboxylic acid groups (broad SMARTS) is 1. The molecular weight excluding hydrogens is 172 g/mol. The van der Waals surface area contributed by atoms with E-state index in [0.717, 1.165) is 0 Å². The van der Waals surface area contributed by atoms with Crippen LogP contribution in [0.25, 0.3) is 0 Å². The van der Waals surface area contributed by atoms with Crippen LogP contribution in [-0.4, -0.2) is 21.1 Å². The molecule has 0 aromatic heterocycles. The lowest BCUT2D eigenvalue weighted by atomic mass is 10.0. The first kappa shape index (κ1) is 11.8. The van der Waals surface area contributed by atoms with Gasteiger partial charge in [-0.25, -0.2) is 0 Å². The molecule has 0 amide bonds. The second-order valence-electron chi connectivity index (χ2n) is 3.17. The average molecular weight is 190 g/mol. The predicted octanol–water partition coefficient (Wildman–Crippen LogP) is 2.77. The summed E-state index contributed by atoms with van der Waals surface area (Å²) in [5, 5.41) is 9.43. The fourth-order valence-electron chi connectivity index (χ4n) is 1.22. The van der Waals surface area contributed by atoms with Crippen LogP contribution in [0.5, 0.6) is 0 Å². The molecule has 0 unspecified atom stereocenters. The highest BCUT2D eigenvalue weighted by molar-refractivity contribution is 8.01. The molecule has 0 bridgehead atoms. The van der Waals surface area contributed by atoms with Gasteiger partial charge in [-0.15, -0.1) is 11.8 Å². The summed E-state index contributed by atoms with van der Waals surface area (Å²) in [7, 11) is 0. The van der Waals surface area contributed by atoms with Crippen LogP contribution in [0.15, 0.2) is 0 Å². The number of carbonyl (C=O) groups is 1. The molecule has 72 valence electrons. The summed E-state index contributed by atoms with van der Waals surface area (Å²) in [5.74, 6) is -0.675. The third kappa shape index (κ3) is 2.70. The second-order valence-corrected chi connectivity index (χ2v) is 5.13. The molecule has 0 atom stereocenters. The second kappa shape index (κ2) is 4.75. The fourth-order valence-corrected chi connectivity index (χ4v) is 2.56. The zero-order valence-corrected chi connectivity index (χ0v) is 9.07. The van der Waals surface area contributed by atoms with E-state index in [-0.39, 0.29) is 0 Å². The van der Waals surface area contributed by atoms with E-state index >= 15 is 0 Å². The molecular formula is C9H18O2S. The Balaban J connectivity index is 4.46. The van der Waals surface area contributed by atoms with Gasteiger partial charge in [0.05, 0.1) is 0 Å². The van der Waals surface area contributed by atoms with Crippen molar-refractivity contribution in [1.82, 2.24) is 0 Å². The standard InChI is InChI=1S/C9H18O2S/c1-5-9(6-2,8(10)11)12-7(3)4/h7H,5-6H2,1-4H3,(H,10,11). The van der Waals surface area contributed by atoms with Crippen molar-refractivity contribution in [1.29, 1.82) is 0 Å². The van der Waals surface area contributed by atoms with Gasteiger partial charge in [-0.1, -0.05) is 27.7 Å². The minimum Gasteiger partial charge on any atom is -0.480 e.